The molecule has 4 N–H and O–H groups in total. The smallest absolute Gasteiger partial charge is 0.277 e. The molecule has 4 aliphatic heterocycles. The first-order valence-electron chi connectivity index (χ1n) is 23.0. The SMILES string of the molecule is COc1cc(N2CCCCC2=O)ccc1N1CCc2c(C(N)=O)nn(-c3cc(F)c(F)c(C4CCCN(c5ccc(N6CCc7c(C(N)=O)nn(-c8ccc(F)cc8F)c7C6=O)c(OC)c5)C4=O)c3)c2C1=O. The first kappa shape index (κ1) is 47.1. The number of piperidine rings is 2. The number of nitrogens with two attached hydrogens (primary N) is 2. The van der Waals surface area contributed by atoms with Gasteiger partial charge in [0.25, 0.3) is 23.6 Å². The number of rotatable bonds is 11. The number of ether oxygens (including phenoxy) is 2. The highest BCUT2D eigenvalue weighted by Crippen LogP contribution is 2.42. The van der Waals surface area contributed by atoms with Crippen molar-refractivity contribution < 1.29 is 55.8 Å². The lowest BCUT2D eigenvalue weighted by atomic mass is 9.88. The molecule has 18 nitrogen and oxygen atoms in total. The van der Waals surface area contributed by atoms with Crippen molar-refractivity contribution >= 4 is 58.2 Å². The Labute approximate surface area is 407 Å². The summed E-state index contributed by atoms with van der Waals surface area (Å²) in [6.07, 6.45) is 2.60. The molecule has 22 heteroatoms. The molecule has 2 fully saturated rings. The fourth-order valence-corrected chi connectivity index (χ4v) is 10.2. The van der Waals surface area contributed by atoms with Gasteiger partial charge in [-0.3, -0.25) is 28.8 Å². The summed E-state index contributed by atoms with van der Waals surface area (Å²) in [6, 6.07) is 14.2. The van der Waals surface area contributed by atoms with Gasteiger partial charge in [-0.15, -0.1) is 0 Å². The molecule has 2 saturated heterocycles. The molecule has 0 aliphatic carbocycles. The highest BCUT2D eigenvalue weighted by atomic mass is 19.2. The van der Waals surface area contributed by atoms with Crippen LogP contribution in [0.25, 0.3) is 11.4 Å². The molecule has 0 radical (unpaired) electrons. The van der Waals surface area contributed by atoms with Gasteiger partial charge < -0.3 is 40.5 Å². The van der Waals surface area contributed by atoms with Gasteiger partial charge in [-0.2, -0.15) is 10.2 Å². The van der Waals surface area contributed by atoms with Crippen LogP contribution >= 0.6 is 0 Å². The Morgan fingerprint density at radius 3 is 1.71 bits per heavy atom. The van der Waals surface area contributed by atoms with E-state index in [1.807, 2.05) is 0 Å². The Hall–Kier alpha value is -8.56. The van der Waals surface area contributed by atoms with Crippen molar-refractivity contribution in [3.8, 4) is 22.9 Å². The van der Waals surface area contributed by atoms with Gasteiger partial charge in [0.1, 0.15) is 34.4 Å². The van der Waals surface area contributed by atoms with Crippen molar-refractivity contribution in [2.24, 2.45) is 11.5 Å². The molecule has 72 heavy (non-hydrogen) atoms. The van der Waals surface area contributed by atoms with Gasteiger partial charge in [0.15, 0.2) is 28.8 Å². The van der Waals surface area contributed by atoms with E-state index in [1.165, 1.54) is 53.2 Å². The van der Waals surface area contributed by atoms with Gasteiger partial charge >= 0.3 is 0 Å². The Morgan fingerprint density at radius 1 is 0.583 bits per heavy atom. The van der Waals surface area contributed by atoms with Gasteiger partial charge in [0.05, 0.1) is 37.2 Å². The van der Waals surface area contributed by atoms with E-state index in [0.29, 0.717) is 36.8 Å². The van der Waals surface area contributed by atoms with E-state index in [1.54, 1.807) is 23.1 Å². The van der Waals surface area contributed by atoms with Crippen LogP contribution in [-0.2, 0) is 22.4 Å². The third-order valence-electron chi connectivity index (χ3n) is 13.6. The Kier molecular flexibility index (Phi) is 12.0. The van der Waals surface area contributed by atoms with Gasteiger partial charge in [0.2, 0.25) is 11.8 Å². The number of nitrogens with zero attached hydrogens (tertiary/aromatic N) is 8. The maximum atomic E-state index is 16.1. The largest absolute Gasteiger partial charge is 0.494 e. The summed E-state index contributed by atoms with van der Waals surface area (Å²) in [6.45, 7) is 0.747. The molecule has 2 aromatic heterocycles. The molecular formula is C50H44F4N10O8. The molecule has 0 bridgehead atoms. The number of primary amides is 2. The van der Waals surface area contributed by atoms with Crippen molar-refractivity contribution in [1.29, 1.82) is 0 Å². The zero-order chi connectivity index (χ0) is 50.9. The van der Waals surface area contributed by atoms with Crippen LogP contribution in [-0.4, -0.2) is 95.4 Å². The number of amides is 6. The number of hydrogen-bond donors (Lipinski definition) is 2. The van der Waals surface area contributed by atoms with Gasteiger partial charge in [-0.25, -0.2) is 26.9 Å². The lowest BCUT2D eigenvalue weighted by Gasteiger charge is -2.34. The van der Waals surface area contributed by atoms with Crippen molar-refractivity contribution in [3.05, 3.63) is 129 Å². The number of benzene rings is 4. The van der Waals surface area contributed by atoms with Crippen LogP contribution in [0.1, 0.15) is 96.7 Å². The predicted molar refractivity (Wildman–Crippen MR) is 251 cm³/mol. The van der Waals surface area contributed by atoms with Crippen molar-refractivity contribution in [3.63, 3.8) is 0 Å². The molecule has 6 heterocycles. The van der Waals surface area contributed by atoms with Gasteiger partial charge in [-0.1, -0.05) is 0 Å². The molecule has 0 saturated carbocycles. The summed E-state index contributed by atoms with van der Waals surface area (Å²) in [4.78, 5) is 87.1. The van der Waals surface area contributed by atoms with Crippen LogP contribution in [0, 0.1) is 23.3 Å². The lowest BCUT2D eigenvalue weighted by molar-refractivity contribution is -0.121. The first-order valence-corrected chi connectivity index (χ1v) is 23.0. The van der Waals surface area contributed by atoms with Gasteiger partial charge in [-0.05, 0) is 81.0 Å². The molecule has 10 rings (SSSR count). The Bertz CT molecular complexity index is 3320. The monoisotopic (exact) mass is 988 g/mol. The van der Waals surface area contributed by atoms with Crippen molar-refractivity contribution in [2.75, 3.05) is 60.0 Å². The number of fused-ring (bicyclic) bond motifs is 2. The fraction of sp³-hybridized carbons (Fsp3) is 0.280. The van der Waals surface area contributed by atoms with E-state index >= 15 is 13.2 Å². The standard InChI is InChI=1S/C50H44F4N10O8/c1-71-38-23-26(59-16-4-3-7-40(59)65)9-12-36(38)61-18-14-30-42(46(55)66)57-63(44(30)49(61)69)28-21-32(41(54)34(53)22-28)29-6-5-17-60(48(29)68)27-10-13-37(39(24-27)72-2)62-19-15-31-43(47(56)67)58-64(45(31)50(62)70)35-11-8-25(51)20-33(35)52/h8-13,20-24,29H,3-7,14-19H2,1-2H3,(H2,55,66)(H2,56,67). The van der Waals surface area contributed by atoms with Crippen LogP contribution in [0.4, 0.5) is 40.3 Å². The number of methoxy groups -OCH3 is 2. The summed E-state index contributed by atoms with van der Waals surface area (Å²) in [5.41, 5.74) is 11.5. The summed E-state index contributed by atoms with van der Waals surface area (Å²) in [5, 5.41) is 8.51. The van der Waals surface area contributed by atoms with Crippen LogP contribution in [0.3, 0.4) is 0 Å². The minimum Gasteiger partial charge on any atom is -0.494 e. The molecule has 370 valence electrons. The second-order valence-corrected chi connectivity index (χ2v) is 17.6. The number of halogens is 4. The average molecular weight is 989 g/mol. The van der Waals surface area contributed by atoms with E-state index in [9.17, 15) is 33.2 Å². The summed E-state index contributed by atoms with van der Waals surface area (Å²) in [5.74, 6) is -9.37. The Balaban J connectivity index is 0.956. The quantitative estimate of drug-likeness (QED) is 0.152. The predicted octanol–water partition coefficient (Wildman–Crippen LogP) is 5.66. The number of anilines is 4. The average Bonchev–Trinajstić information content (AvgIpc) is 3.96. The third kappa shape index (κ3) is 7.82. The number of hydrogen-bond acceptors (Lipinski definition) is 10. The van der Waals surface area contributed by atoms with E-state index < -0.39 is 58.7 Å². The normalized spacial score (nSPS) is 17.1. The molecule has 1 unspecified atom stereocenters. The minimum absolute atomic E-state index is 0.00134. The molecule has 6 amide bonds. The molecule has 0 spiro atoms. The van der Waals surface area contributed by atoms with E-state index in [2.05, 4.69) is 10.2 Å². The van der Waals surface area contributed by atoms with Crippen molar-refractivity contribution in [2.45, 2.75) is 50.9 Å². The van der Waals surface area contributed by atoms with E-state index in [0.717, 1.165) is 40.4 Å². The molecular weight excluding hydrogens is 945 g/mol. The summed E-state index contributed by atoms with van der Waals surface area (Å²) >= 11 is 0. The minimum atomic E-state index is -1.35. The van der Waals surface area contributed by atoms with Gasteiger partial charge in [0, 0.05) is 84.9 Å². The Morgan fingerprint density at radius 2 is 1.14 bits per heavy atom. The van der Waals surface area contributed by atoms with Crippen molar-refractivity contribution in [1.82, 2.24) is 19.6 Å². The van der Waals surface area contributed by atoms with Crippen LogP contribution < -0.4 is 40.5 Å². The number of aromatic nitrogens is 4. The van der Waals surface area contributed by atoms with E-state index in [-0.39, 0.29) is 119 Å². The number of carbonyl (C=O) groups excluding carboxylic acids is 6. The highest BCUT2D eigenvalue weighted by Gasteiger charge is 2.40. The topological polar surface area (TPSA) is 222 Å². The van der Waals surface area contributed by atoms with Crippen LogP contribution in [0.5, 0.6) is 11.5 Å². The summed E-state index contributed by atoms with van der Waals surface area (Å²) < 4.78 is 74.4. The molecule has 6 aromatic rings. The van der Waals surface area contributed by atoms with Crippen LogP contribution in [0.2, 0.25) is 0 Å². The second kappa shape index (κ2) is 18.3. The molecule has 1 atom stereocenters. The summed E-state index contributed by atoms with van der Waals surface area (Å²) in [7, 11) is 2.76. The number of carbonyl (C=O) groups is 6. The van der Waals surface area contributed by atoms with Crippen LogP contribution in [0.15, 0.2) is 66.7 Å². The third-order valence-corrected chi connectivity index (χ3v) is 13.6. The second-order valence-electron chi connectivity index (χ2n) is 17.6. The lowest BCUT2D eigenvalue weighted by Crippen LogP contribution is -2.41. The molecule has 4 aliphatic rings. The van der Waals surface area contributed by atoms with E-state index in [4.69, 9.17) is 20.9 Å². The highest BCUT2D eigenvalue weighted by molar-refractivity contribution is 6.12. The fourth-order valence-electron chi connectivity index (χ4n) is 10.2. The maximum Gasteiger partial charge on any atom is 0.277 e. The zero-order valence-corrected chi connectivity index (χ0v) is 38.7. The molecule has 4 aromatic carbocycles. The maximum absolute atomic E-state index is 16.1. The first-order chi connectivity index (χ1) is 34.6. The zero-order valence-electron chi connectivity index (χ0n) is 38.7.